The predicted octanol–water partition coefficient (Wildman–Crippen LogP) is 4.44. The van der Waals surface area contributed by atoms with Crippen molar-refractivity contribution in [2.45, 2.75) is 52.5 Å². The Morgan fingerprint density at radius 2 is 1.94 bits per heavy atom. The van der Waals surface area contributed by atoms with E-state index in [4.69, 9.17) is 0 Å². The molecule has 0 fully saturated rings. The molecule has 2 nitrogen and oxygen atoms in total. The lowest BCUT2D eigenvalue weighted by Crippen LogP contribution is -2.16. The molecule has 1 aromatic rings. The van der Waals surface area contributed by atoms with E-state index in [-0.39, 0.29) is 0 Å². The second-order valence-electron chi connectivity index (χ2n) is 5.44. The average Bonchev–Trinajstić information content (AvgIpc) is 2.31. The summed E-state index contributed by atoms with van der Waals surface area (Å²) >= 11 is 0. The van der Waals surface area contributed by atoms with Gasteiger partial charge in [-0.15, -0.1) is 0 Å². The molecule has 1 atom stereocenters. The van der Waals surface area contributed by atoms with Crippen LogP contribution in [0.15, 0.2) is 18.2 Å². The fourth-order valence-corrected chi connectivity index (χ4v) is 2.24. The molecule has 0 saturated heterocycles. The molecule has 1 rings (SSSR count). The number of aryl methyl sites for hydroxylation is 1. The van der Waals surface area contributed by atoms with E-state index in [0.29, 0.717) is 6.04 Å². The maximum atomic E-state index is 3.60. The van der Waals surface area contributed by atoms with Crippen LogP contribution in [-0.4, -0.2) is 20.1 Å². The lowest BCUT2D eigenvalue weighted by molar-refractivity contribution is 0.615. The van der Waals surface area contributed by atoms with Gasteiger partial charge >= 0.3 is 0 Å². The smallest absolute Gasteiger partial charge is 0.0411 e. The van der Waals surface area contributed by atoms with E-state index in [0.717, 1.165) is 0 Å². The number of benzene rings is 1. The zero-order valence-corrected chi connectivity index (χ0v) is 12.6. The Morgan fingerprint density at radius 1 is 1.22 bits per heavy atom. The molecule has 0 saturated carbocycles. The van der Waals surface area contributed by atoms with Gasteiger partial charge in [-0.3, -0.25) is 0 Å². The highest BCUT2D eigenvalue weighted by molar-refractivity contribution is 5.62. The van der Waals surface area contributed by atoms with Crippen molar-refractivity contribution in [1.82, 2.24) is 0 Å². The third-order valence-corrected chi connectivity index (χ3v) is 3.34. The zero-order chi connectivity index (χ0) is 13.5. The Morgan fingerprint density at radius 3 is 2.56 bits per heavy atom. The van der Waals surface area contributed by atoms with Gasteiger partial charge in [-0.1, -0.05) is 32.3 Å². The van der Waals surface area contributed by atoms with Gasteiger partial charge in [0.05, 0.1) is 0 Å². The molecule has 0 heterocycles. The summed E-state index contributed by atoms with van der Waals surface area (Å²) in [7, 11) is 4.19. The molecule has 0 aliphatic rings. The molecule has 0 bridgehead atoms. The maximum absolute atomic E-state index is 3.60. The Labute approximate surface area is 112 Å². The number of hydrogen-bond acceptors (Lipinski definition) is 2. The molecule has 0 amide bonds. The summed E-state index contributed by atoms with van der Waals surface area (Å²) in [5.74, 6) is 0. The molecular weight excluding hydrogens is 220 g/mol. The molecule has 2 heteroatoms. The maximum Gasteiger partial charge on any atom is 0.0411 e. The van der Waals surface area contributed by atoms with Crippen molar-refractivity contribution in [1.29, 1.82) is 0 Å². The standard InChI is InChI=1S/C16H28N2/c1-6-7-8-9-14(3)17-15-11-10-13(2)16(12-15)18(4)5/h10-12,14,17H,6-9H2,1-5H3. The highest BCUT2D eigenvalue weighted by Gasteiger charge is 2.05. The van der Waals surface area contributed by atoms with E-state index < -0.39 is 0 Å². The van der Waals surface area contributed by atoms with E-state index in [9.17, 15) is 0 Å². The molecule has 0 aliphatic carbocycles. The number of nitrogens with zero attached hydrogens (tertiary/aromatic N) is 1. The molecule has 0 spiro atoms. The highest BCUT2D eigenvalue weighted by atomic mass is 15.1. The lowest BCUT2D eigenvalue weighted by Gasteiger charge is -2.20. The molecule has 0 aromatic heterocycles. The van der Waals surface area contributed by atoms with Crippen LogP contribution in [0.5, 0.6) is 0 Å². The van der Waals surface area contributed by atoms with Crippen molar-refractivity contribution in [2.75, 3.05) is 24.3 Å². The zero-order valence-electron chi connectivity index (χ0n) is 12.6. The summed E-state index contributed by atoms with van der Waals surface area (Å²) in [6, 6.07) is 7.16. The van der Waals surface area contributed by atoms with E-state index in [1.807, 2.05) is 0 Å². The second kappa shape index (κ2) is 7.30. The minimum absolute atomic E-state index is 0.550. The van der Waals surface area contributed by atoms with Gasteiger partial charge < -0.3 is 10.2 Å². The summed E-state index contributed by atoms with van der Waals surface area (Å²) in [6.07, 6.45) is 5.20. The molecule has 1 unspecified atom stereocenters. The van der Waals surface area contributed by atoms with E-state index in [1.54, 1.807) is 0 Å². The van der Waals surface area contributed by atoms with Crippen LogP contribution < -0.4 is 10.2 Å². The Hall–Kier alpha value is -1.18. The molecule has 18 heavy (non-hydrogen) atoms. The summed E-state index contributed by atoms with van der Waals surface area (Å²) in [5, 5.41) is 3.60. The summed E-state index contributed by atoms with van der Waals surface area (Å²) < 4.78 is 0. The molecule has 0 radical (unpaired) electrons. The van der Waals surface area contributed by atoms with Crippen LogP contribution >= 0.6 is 0 Å². The number of unbranched alkanes of at least 4 members (excludes halogenated alkanes) is 2. The lowest BCUT2D eigenvalue weighted by atomic mass is 10.1. The van der Waals surface area contributed by atoms with E-state index in [1.165, 1.54) is 42.6 Å². The fourth-order valence-electron chi connectivity index (χ4n) is 2.24. The van der Waals surface area contributed by atoms with Gasteiger partial charge in [0.15, 0.2) is 0 Å². The number of rotatable bonds is 7. The minimum atomic E-state index is 0.550. The number of anilines is 2. The normalized spacial score (nSPS) is 12.3. The SMILES string of the molecule is CCCCCC(C)Nc1ccc(C)c(N(C)C)c1. The van der Waals surface area contributed by atoms with Crippen molar-refractivity contribution < 1.29 is 0 Å². The molecule has 1 aromatic carbocycles. The minimum Gasteiger partial charge on any atom is -0.383 e. The van der Waals surface area contributed by atoms with E-state index in [2.05, 4.69) is 63.3 Å². The van der Waals surface area contributed by atoms with Crippen molar-refractivity contribution in [3.8, 4) is 0 Å². The fraction of sp³-hybridized carbons (Fsp3) is 0.625. The quantitative estimate of drug-likeness (QED) is 0.718. The van der Waals surface area contributed by atoms with Crippen LogP contribution in [0, 0.1) is 6.92 Å². The van der Waals surface area contributed by atoms with Crippen LogP contribution in [0.1, 0.15) is 45.1 Å². The third kappa shape index (κ3) is 4.59. The first-order valence-electron chi connectivity index (χ1n) is 7.09. The van der Waals surface area contributed by atoms with Crippen molar-refractivity contribution in [3.63, 3.8) is 0 Å². The van der Waals surface area contributed by atoms with Crippen molar-refractivity contribution in [3.05, 3.63) is 23.8 Å². The predicted molar refractivity (Wildman–Crippen MR) is 82.7 cm³/mol. The molecule has 0 aliphatic heterocycles. The number of nitrogens with one attached hydrogen (secondary N) is 1. The molecule has 102 valence electrons. The third-order valence-electron chi connectivity index (χ3n) is 3.34. The van der Waals surface area contributed by atoms with Gasteiger partial charge in [0.2, 0.25) is 0 Å². The molecule has 1 N–H and O–H groups in total. The summed E-state index contributed by atoms with van der Waals surface area (Å²) in [4.78, 5) is 2.17. The van der Waals surface area contributed by atoms with Gasteiger partial charge in [-0.25, -0.2) is 0 Å². The topological polar surface area (TPSA) is 15.3 Å². The van der Waals surface area contributed by atoms with Crippen LogP contribution in [0.25, 0.3) is 0 Å². The number of hydrogen-bond donors (Lipinski definition) is 1. The van der Waals surface area contributed by atoms with Gasteiger partial charge in [0, 0.05) is 31.5 Å². The molecular formula is C16H28N2. The van der Waals surface area contributed by atoms with Crippen molar-refractivity contribution >= 4 is 11.4 Å². The summed E-state index contributed by atoms with van der Waals surface area (Å²) in [5.41, 5.74) is 3.85. The van der Waals surface area contributed by atoms with Crippen LogP contribution in [0.4, 0.5) is 11.4 Å². The first-order valence-corrected chi connectivity index (χ1v) is 7.09. The monoisotopic (exact) mass is 248 g/mol. The average molecular weight is 248 g/mol. The van der Waals surface area contributed by atoms with Crippen LogP contribution in [-0.2, 0) is 0 Å². The van der Waals surface area contributed by atoms with E-state index >= 15 is 0 Å². The van der Waals surface area contributed by atoms with Gasteiger partial charge in [0.25, 0.3) is 0 Å². The Balaban J connectivity index is 2.59. The van der Waals surface area contributed by atoms with Crippen LogP contribution in [0.2, 0.25) is 0 Å². The van der Waals surface area contributed by atoms with Gasteiger partial charge in [-0.2, -0.15) is 0 Å². The Bertz CT molecular complexity index is 358. The first-order chi connectivity index (χ1) is 8.54. The summed E-state index contributed by atoms with van der Waals surface area (Å²) in [6.45, 7) is 6.68. The van der Waals surface area contributed by atoms with Crippen molar-refractivity contribution in [2.24, 2.45) is 0 Å². The van der Waals surface area contributed by atoms with Gasteiger partial charge in [0.1, 0.15) is 0 Å². The second-order valence-corrected chi connectivity index (χ2v) is 5.44. The Kier molecular flexibility index (Phi) is 6.03. The first kappa shape index (κ1) is 14.9. The highest BCUT2D eigenvalue weighted by Crippen LogP contribution is 2.23. The van der Waals surface area contributed by atoms with Crippen LogP contribution in [0.3, 0.4) is 0 Å². The largest absolute Gasteiger partial charge is 0.383 e. The van der Waals surface area contributed by atoms with Gasteiger partial charge in [-0.05, 0) is 38.0 Å².